The normalized spacial score (nSPS) is 47.8. The minimum absolute atomic E-state index is 0.818. The average molecular weight is 386 g/mol. The van der Waals surface area contributed by atoms with Crippen LogP contribution in [-0.4, -0.2) is 23.0 Å². The third-order valence-corrected chi connectivity index (χ3v) is 10.5. The molecule has 160 valence electrons. The first-order valence-electron chi connectivity index (χ1n) is 13.5. The van der Waals surface area contributed by atoms with Gasteiger partial charge in [-0.2, -0.15) is 0 Å². The van der Waals surface area contributed by atoms with Crippen LogP contribution in [0.25, 0.3) is 0 Å². The molecule has 1 aliphatic heterocycles. The highest BCUT2D eigenvalue weighted by Gasteiger charge is 2.52. The smallest absolute Gasteiger partial charge is 0.0133 e. The number of hydrogen-bond acceptors (Lipinski definition) is 1. The fourth-order valence-corrected chi connectivity index (χ4v) is 9.24. The van der Waals surface area contributed by atoms with Crippen molar-refractivity contribution in [2.24, 2.45) is 35.5 Å². The summed E-state index contributed by atoms with van der Waals surface area (Å²) >= 11 is 0. The molecule has 0 aromatic rings. The Balaban J connectivity index is 1.26. The Labute approximate surface area is 175 Å². The van der Waals surface area contributed by atoms with Crippen molar-refractivity contribution in [1.82, 2.24) is 4.90 Å². The van der Waals surface area contributed by atoms with E-state index in [-0.39, 0.29) is 0 Å². The van der Waals surface area contributed by atoms with E-state index in [4.69, 9.17) is 0 Å². The van der Waals surface area contributed by atoms with E-state index in [0.29, 0.717) is 0 Å². The standard InChI is InChI=1S/C27H47N/c1-3-19(2)28-26-14-7-6-13-24(26)25-18-20(15-16-27(25)28)17-22-11-8-10-21-9-4-5-12-23(21)22/h19-27H,3-18H2,1-2H3. The molecule has 0 radical (unpaired) electrons. The molecule has 1 heterocycles. The van der Waals surface area contributed by atoms with Gasteiger partial charge in [0.15, 0.2) is 0 Å². The topological polar surface area (TPSA) is 3.24 Å². The summed E-state index contributed by atoms with van der Waals surface area (Å²) in [4.78, 5) is 3.07. The summed E-state index contributed by atoms with van der Waals surface area (Å²) in [5.74, 6) is 6.55. The van der Waals surface area contributed by atoms with Crippen molar-refractivity contribution < 1.29 is 0 Å². The maximum Gasteiger partial charge on any atom is 0.0133 e. The molecule has 0 spiro atoms. The third-order valence-electron chi connectivity index (χ3n) is 10.5. The Morgan fingerprint density at radius 2 is 1.43 bits per heavy atom. The molecule has 9 atom stereocenters. The van der Waals surface area contributed by atoms with Crippen molar-refractivity contribution in [3.8, 4) is 0 Å². The fourth-order valence-electron chi connectivity index (χ4n) is 9.24. The van der Waals surface area contributed by atoms with Crippen LogP contribution in [0.1, 0.15) is 117 Å². The Kier molecular flexibility index (Phi) is 6.11. The lowest BCUT2D eigenvalue weighted by atomic mass is 9.61. The first kappa shape index (κ1) is 19.9. The summed E-state index contributed by atoms with van der Waals surface area (Å²) in [7, 11) is 0. The van der Waals surface area contributed by atoms with Crippen LogP contribution in [0.3, 0.4) is 0 Å². The molecule has 0 aromatic carbocycles. The minimum atomic E-state index is 0.818. The van der Waals surface area contributed by atoms with E-state index in [1.54, 1.807) is 64.2 Å². The summed E-state index contributed by atoms with van der Waals surface area (Å²) in [5, 5.41) is 0. The second-order valence-corrected chi connectivity index (χ2v) is 11.8. The quantitative estimate of drug-likeness (QED) is 0.486. The van der Waals surface area contributed by atoms with Crippen molar-refractivity contribution in [2.45, 2.75) is 135 Å². The highest BCUT2D eigenvalue weighted by Crippen LogP contribution is 2.53. The molecule has 0 aromatic heterocycles. The Hall–Kier alpha value is -0.0400. The molecule has 5 fully saturated rings. The molecule has 5 aliphatic rings. The van der Waals surface area contributed by atoms with Gasteiger partial charge in [0.2, 0.25) is 0 Å². The zero-order valence-electron chi connectivity index (χ0n) is 19.0. The number of fused-ring (bicyclic) bond motifs is 4. The number of rotatable bonds is 4. The lowest BCUT2D eigenvalue weighted by molar-refractivity contribution is 0.0572. The van der Waals surface area contributed by atoms with Crippen LogP contribution in [-0.2, 0) is 0 Å². The fraction of sp³-hybridized carbons (Fsp3) is 1.00. The maximum absolute atomic E-state index is 3.07. The molecule has 5 rings (SSSR count). The van der Waals surface area contributed by atoms with Crippen LogP contribution in [0, 0.1) is 35.5 Å². The maximum atomic E-state index is 3.07. The summed E-state index contributed by atoms with van der Waals surface area (Å²) in [6.45, 7) is 4.95. The first-order chi connectivity index (χ1) is 13.8. The molecule has 1 saturated heterocycles. The van der Waals surface area contributed by atoms with Crippen molar-refractivity contribution in [3.63, 3.8) is 0 Å². The van der Waals surface area contributed by atoms with E-state index < -0.39 is 0 Å². The minimum Gasteiger partial charge on any atom is -0.294 e. The zero-order chi connectivity index (χ0) is 19.1. The molecule has 9 unspecified atom stereocenters. The van der Waals surface area contributed by atoms with Gasteiger partial charge in [-0.05, 0) is 93.8 Å². The van der Waals surface area contributed by atoms with E-state index in [0.717, 1.165) is 53.6 Å². The zero-order valence-corrected chi connectivity index (χ0v) is 19.0. The van der Waals surface area contributed by atoms with E-state index in [1.807, 2.05) is 0 Å². The van der Waals surface area contributed by atoms with Crippen LogP contribution in [0.5, 0.6) is 0 Å². The predicted molar refractivity (Wildman–Crippen MR) is 119 cm³/mol. The molecule has 0 N–H and O–H groups in total. The van der Waals surface area contributed by atoms with Crippen LogP contribution >= 0.6 is 0 Å². The number of nitrogens with zero attached hydrogens (tertiary/aromatic N) is 1. The molecule has 4 aliphatic carbocycles. The molecule has 4 saturated carbocycles. The SMILES string of the molecule is CCC(C)N1C2CCCCC2C2CC(CC3CCCC4CCCCC43)CCC21. The molecule has 0 bridgehead atoms. The summed E-state index contributed by atoms with van der Waals surface area (Å²) in [6.07, 6.45) is 24.7. The van der Waals surface area contributed by atoms with E-state index >= 15 is 0 Å². The predicted octanol–water partition coefficient (Wildman–Crippen LogP) is 7.44. The van der Waals surface area contributed by atoms with Gasteiger partial charge in [-0.25, -0.2) is 0 Å². The van der Waals surface area contributed by atoms with Gasteiger partial charge in [-0.1, -0.05) is 58.3 Å². The van der Waals surface area contributed by atoms with Gasteiger partial charge in [0, 0.05) is 18.1 Å². The van der Waals surface area contributed by atoms with Gasteiger partial charge in [-0.3, -0.25) is 4.90 Å². The van der Waals surface area contributed by atoms with E-state index in [2.05, 4.69) is 18.7 Å². The second kappa shape index (κ2) is 8.60. The van der Waals surface area contributed by atoms with Crippen molar-refractivity contribution in [1.29, 1.82) is 0 Å². The average Bonchev–Trinajstić information content (AvgIpc) is 3.07. The highest BCUT2D eigenvalue weighted by atomic mass is 15.3. The van der Waals surface area contributed by atoms with Crippen molar-refractivity contribution in [2.75, 3.05) is 0 Å². The third kappa shape index (κ3) is 3.61. The lowest BCUT2D eigenvalue weighted by Crippen LogP contribution is -2.45. The summed E-state index contributed by atoms with van der Waals surface area (Å²) in [5.41, 5.74) is 0. The highest BCUT2D eigenvalue weighted by molar-refractivity contribution is 5.05. The largest absolute Gasteiger partial charge is 0.294 e. The van der Waals surface area contributed by atoms with Gasteiger partial charge in [0.25, 0.3) is 0 Å². The number of likely N-dealkylation sites (tertiary alicyclic amines) is 1. The summed E-state index contributed by atoms with van der Waals surface area (Å²) in [6, 6.07) is 2.72. The van der Waals surface area contributed by atoms with Gasteiger partial charge in [-0.15, -0.1) is 0 Å². The Morgan fingerprint density at radius 1 is 0.714 bits per heavy atom. The lowest BCUT2D eigenvalue weighted by Gasteiger charge is -2.45. The Bertz CT molecular complexity index is 512. The van der Waals surface area contributed by atoms with Crippen LogP contribution in [0.2, 0.25) is 0 Å². The molecular weight excluding hydrogens is 338 g/mol. The molecule has 1 nitrogen and oxygen atoms in total. The van der Waals surface area contributed by atoms with Gasteiger partial charge in [0.1, 0.15) is 0 Å². The van der Waals surface area contributed by atoms with Gasteiger partial charge >= 0.3 is 0 Å². The molecule has 0 amide bonds. The van der Waals surface area contributed by atoms with Gasteiger partial charge in [0.05, 0.1) is 0 Å². The Morgan fingerprint density at radius 3 is 2.29 bits per heavy atom. The van der Waals surface area contributed by atoms with E-state index in [1.165, 1.54) is 38.5 Å². The monoisotopic (exact) mass is 385 g/mol. The summed E-state index contributed by atoms with van der Waals surface area (Å²) < 4.78 is 0. The van der Waals surface area contributed by atoms with Crippen LogP contribution in [0.15, 0.2) is 0 Å². The van der Waals surface area contributed by atoms with Crippen LogP contribution < -0.4 is 0 Å². The molecular formula is C27H47N. The second-order valence-electron chi connectivity index (χ2n) is 11.8. The molecule has 28 heavy (non-hydrogen) atoms. The van der Waals surface area contributed by atoms with Crippen LogP contribution in [0.4, 0.5) is 0 Å². The van der Waals surface area contributed by atoms with E-state index in [9.17, 15) is 0 Å². The van der Waals surface area contributed by atoms with Gasteiger partial charge < -0.3 is 0 Å². The molecule has 1 heteroatoms. The number of hydrogen-bond donors (Lipinski definition) is 0. The van der Waals surface area contributed by atoms with Crippen molar-refractivity contribution >= 4 is 0 Å². The van der Waals surface area contributed by atoms with Crippen molar-refractivity contribution in [3.05, 3.63) is 0 Å². The first-order valence-corrected chi connectivity index (χ1v) is 13.5.